The van der Waals surface area contributed by atoms with Crippen LogP contribution in [0, 0.1) is 0 Å². The Balaban J connectivity index is 2.36. The fourth-order valence-electron chi connectivity index (χ4n) is 1.21. The maximum Gasteiger partial charge on any atom is 0.198 e. The SMILES string of the molecule is O=[C]CCCCc1ccccc1Cl. The number of hydrogen-bond donors (Lipinski definition) is 0. The van der Waals surface area contributed by atoms with E-state index in [9.17, 15) is 4.79 Å². The molecule has 0 N–H and O–H groups in total. The molecule has 69 valence electrons. The third-order valence-corrected chi connectivity index (χ3v) is 2.30. The minimum absolute atomic E-state index is 0.532. The number of halogens is 1. The van der Waals surface area contributed by atoms with Crippen LogP contribution in [0.1, 0.15) is 24.8 Å². The second-order valence-electron chi connectivity index (χ2n) is 2.94. The maximum atomic E-state index is 9.93. The summed E-state index contributed by atoms with van der Waals surface area (Å²) in [7, 11) is 0. The van der Waals surface area contributed by atoms with E-state index in [4.69, 9.17) is 11.6 Å². The minimum Gasteiger partial charge on any atom is -0.291 e. The Morgan fingerprint density at radius 2 is 2.00 bits per heavy atom. The first kappa shape index (κ1) is 10.3. The molecule has 1 rings (SSSR count). The molecule has 1 aromatic carbocycles. The van der Waals surface area contributed by atoms with Gasteiger partial charge in [-0.1, -0.05) is 29.8 Å². The average molecular weight is 196 g/mol. The monoisotopic (exact) mass is 195 g/mol. The number of aryl methyl sites for hydroxylation is 1. The summed E-state index contributed by atoms with van der Waals surface area (Å²) in [5.41, 5.74) is 1.16. The van der Waals surface area contributed by atoms with Crippen LogP contribution >= 0.6 is 11.6 Å². The Morgan fingerprint density at radius 3 is 2.69 bits per heavy atom. The second kappa shape index (κ2) is 5.76. The summed E-state index contributed by atoms with van der Waals surface area (Å²) in [6.45, 7) is 0. The quantitative estimate of drug-likeness (QED) is 0.660. The molecule has 0 saturated carbocycles. The maximum absolute atomic E-state index is 9.93. The Kier molecular flexibility index (Phi) is 4.55. The number of hydrogen-bond acceptors (Lipinski definition) is 1. The van der Waals surface area contributed by atoms with Crippen molar-refractivity contribution in [1.29, 1.82) is 0 Å². The van der Waals surface area contributed by atoms with E-state index in [0.717, 1.165) is 29.8 Å². The zero-order chi connectivity index (χ0) is 9.52. The average Bonchev–Trinajstić information content (AvgIpc) is 2.15. The summed E-state index contributed by atoms with van der Waals surface area (Å²) in [5.74, 6) is 0. The lowest BCUT2D eigenvalue weighted by Gasteiger charge is -2.01. The predicted octanol–water partition coefficient (Wildman–Crippen LogP) is 3.16. The lowest BCUT2D eigenvalue weighted by Crippen LogP contribution is -1.87. The Labute approximate surface area is 83.7 Å². The van der Waals surface area contributed by atoms with Crippen molar-refractivity contribution in [3.63, 3.8) is 0 Å². The van der Waals surface area contributed by atoms with Crippen molar-refractivity contribution in [3.8, 4) is 0 Å². The molecule has 1 aromatic rings. The smallest absolute Gasteiger partial charge is 0.198 e. The van der Waals surface area contributed by atoms with Crippen molar-refractivity contribution in [2.75, 3.05) is 0 Å². The Hall–Kier alpha value is -0.820. The van der Waals surface area contributed by atoms with E-state index in [2.05, 4.69) is 0 Å². The normalized spacial score (nSPS) is 9.92. The molecule has 0 aliphatic heterocycles. The highest BCUT2D eigenvalue weighted by Gasteiger charge is 1.97. The van der Waals surface area contributed by atoms with Crippen LogP contribution < -0.4 is 0 Å². The van der Waals surface area contributed by atoms with E-state index in [1.165, 1.54) is 0 Å². The van der Waals surface area contributed by atoms with Gasteiger partial charge in [-0.05, 0) is 30.9 Å². The summed E-state index contributed by atoms with van der Waals surface area (Å²) in [6.07, 6.45) is 5.26. The van der Waals surface area contributed by atoms with Gasteiger partial charge in [0.1, 0.15) is 0 Å². The van der Waals surface area contributed by atoms with Crippen molar-refractivity contribution in [2.45, 2.75) is 25.7 Å². The molecular formula is C11H12ClO. The van der Waals surface area contributed by atoms with Crippen molar-refractivity contribution in [2.24, 2.45) is 0 Å². The second-order valence-corrected chi connectivity index (χ2v) is 3.35. The first-order valence-corrected chi connectivity index (χ1v) is 4.81. The molecule has 0 amide bonds. The van der Waals surface area contributed by atoms with Gasteiger partial charge in [-0.3, -0.25) is 4.79 Å². The zero-order valence-electron chi connectivity index (χ0n) is 7.42. The number of unbranched alkanes of at least 4 members (excludes halogenated alkanes) is 2. The van der Waals surface area contributed by atoms with Gasteiger partial charge in [-0.25, -0.2) is 0 Å². The van der Waals surface area contributed by atoms with E-state index in [1.807, 2.05) is 30.6 Å². The van der Waals surface area contributed by atoms with Crippen LogP contribution in [-0.2, 0) is 11.2 Å². The van der Waals surface area contributed by atoms with Crippen LogP contribution in [0.3, 0.4) is 0 Å². The minimum atomic E-state index is 0.532. The summed E-state index contributed by atoms with van der Waals surface area (Å²) in [6, 6.07) is 7.81. The van der Waals surface area contributed by atoms with Crippen molar-refractivity contribution < 1.29 is 4.79 Å². The summed E-state index contributed by atoms with van der Waals surface area (Å²) in [5, 5.41) is 0.817. The molecule has 0 atom stereocenters. The van der Waals surface area contributed by atoms with Gasteiger partial charge < -0.3 is 0 Å². The third-order valence-electron chi connectivity index (χ3n) is 1.93. The predicted molar refractivity (Wildman–Crippen MR) is 54.7 cm³/mol. The summed E-state index contributed by atoms with van der Waals surface area (Å²) < 4.78 is 0. The molecule has 2 heteroatoms. The van der Waals surface area contributed by atoms with Gasteiger partial charge in [-0.15, -0.1) is 0 Å². The molecule has 13 heavy (non-hydrogen) atoms. The molecule has 0 heterocycles. The summed E-state index contributed by atoms with van der Waals surface area (Å²) in [4.78, 5) is 9.93. The van der Waals surface area contributed by atoms with E-state index in [0.29, 0.717) is 6.42 Å². The molecule has 0 unspecified atom stereocenters. The molecule has 1 nitrogen and oxygen atoms in total. The molecular weight excluding hydrogens is 184 g/mol. The molecule has 0 spiro atoms. The highest BCUT2D eigenvalue weighted by Crippen LogP contribution is 2.17. The molecule has 0 saturated heterocycles. The van der Waals surface area contributed by atoms with Crippen molar-refractivity contribution >= 4 is 17.9 Å². The van der Waals surface area contributed by atoms with E-state index < -0.39 is 0 Å². The standard InChI is InChI=1S/C11H12ClO/c12-11-8-4-3-7-10(11)6-2-1-5-9-13/h3-4,7-8H,1-2,5-6H2. The highest BCUT2D eigenvalue weighted by molar-refractivity contribution is 6.31. The molecule has 0 aliphatic carbocycles. The van der Waals surface area contributed by atoms with Crippen molar-refractivity contribution in [3.05, 3.63) is 34.9 Å². The Morgan fingerprint density at radius 1 is 1.23 bits per heavy atom. The molecule has 0 aliphatic rings. The van der Waals surface area contributed by atoms with Crippen LogP contribution in [-0.4, -0.2) is 6.29 Å². The largest absolute Gasteiger partial charge is 0.291 e. The highest BCUT2D eigenvalue weighted by atomic mass is 35.5. The van der Waals surface area contributed by atoms with Gasteiger partial charge in [0.15, 0.2) is 6.29 Å². The molecule has 0 aromatic heterocycles. The topological polar surface area (TPSA) is 17.1 Å². The first-order valence-electron chi connectivity index (χ1n) is 4.43. The van der Waals surface area contributed by atoms with E-state index >= 15 is 0 Å². The van der Waals surface area contributed by atoms with Gasteiger partial charge in [0.25, 0.3) is 0 Å². The van der Waals surface area contributed by atoms with Crippen LogP contribution in [0.25, 0.3) is 0 Å². The van der Waals surface area contributed by atoms with Gasteiger partial charge >= 0.3 is 0 Å². The number of carbonyl (C=O) groups excluding carboxylic acids is 1. The van der Waals surface area contributed by atoms with Gasteiger partial charge in [0.2, 0.25) is 0 Å². The van der Waals surface area contributed by atoms with Gasteiger partial charge in [0, 0.05) is 11.4 Å². The fourth-order valence-corrected chi connectivity index (χ4v) is 1.44. The first-order chi connectivity index (χ1) is 6.34. The lowest BCUT2D eigenvalue weighted by molar-refractivity contribution is 0.546. The number of benzene rings is 1. The third kappa shape index (κ3) is 3.60. The van der Waals surface area contributed by atoms with Crippen LogP contribution in [0.15, 0.2) is 24.3 Å². The van der Waals surface area contributed by atoms with Gasteiger partial charge in [0.05, 0.1) is 0 Å². The van der Waals surface area contributed by atoms with Crippen LogP contribution in [0.2, 0.25) is 5.02 Å². The zero-order valence-corrected chi connectivity index (χ0v) is 8.18. The molecule has 0 fully saturated rings. The molecule has 1 radical (unpaired) electrons. The Bertz CT molecular complexity index is 271. The summed E-state index contributed by atoms with van der Waals surface area (Å²) >= 11 is 5.96. The van der Waals surface area contributed by atoms with E-state index in [-0.39, 0.29) is 0 Å². The van der Waals surface area contributed by atoms with Crippen molar-refractivity contribution in [1.82, 2.24) is 0 Å². The van der Waals surface area contributed by atoms with E-state index in [1.54, 1.807) is 0 Å². The lowest BCUT2D eigenvalue weighted by atomic mass is 10.1. The number of rotatable bonds is 5. The fraction of sp³-hybridized carbons (Fsp3) is 0.364. The van der Waals surface area contributed by atoms with Crippen LogP contribution in [0.4, 0.5) is 0 Å². The van der Waals surface area contributed by atoms with Gasteiger partial charge in [-0.2, -0.15) is 0 Å². The molecule has 0 bridgehead atoms. The van der Waals surface area contributed by atoms with Crippen LogP contribution in [0.5, 0.6) is 0 Å².